The van der Waals surface area contributed by atoms with Crippen molar-refractivity contribution in [3.63, 3.8) is 0 Å². The second-order valence-electron chi connectivity index (χ2n) is 6.43. The van der Waals surface area contributed by atoms with Crippen LogP contribution in [0.5, 0.6) is 0 Å². The summed E-state index contributed by atoms with van der Waals surface area (Å²) in [6, 6.07) is 11.8. The van der Waals surface area contributed by atoms with Gasteiger partial charge in [0, 0.05) is 19.3 Å². The number of imide groups is 1. The number of rotatable bonds is 3. The Labute approximate surface area is 155 Å². The van der Waals surface area contributed by atoms with Gasteiger partial charge in [-0.05, 0) is 36.2 Å². The van der Waals surface area contributed by atoms with E-state index in [2.05, 4.69) is 0 Å². The molecule has 0 saturated heterocycles. The molecular formula is C20H16N2O5. The number of ether oxygens (including phenoxy) is 1. The predicted molar refractivity (Wildman–Crippen MR) is 95.6 cm³/mol. The summed E-state index contributed by atoms with van der Waals surface area (Å²) in [5, 5.41) is 0. The van der Waals surface area contributed by atoms with Crippen molar-refractivity contribution in [2.24, 2.45) is 0 Å². The third kappa shape index (κ3) is 2.77. The van der Waals surface area contributed by atoms with Gasteiger partial charge in [-0.25, -0.2) is 4.79 Å². The number of hydrogen-bond acceptors (Lipinski definition) is 5. The summed E-state index contributed by atoms with van der Waals surface area (Å²) < 4.78 is 5.13. The van der Waals surface area contributed by atoms with Gasteiger partial charge in [0.05, 0.1) is 16.7 Å². The highest BCUT2D eigenvalue weighted by molar-refractivity contribution is 6.21. The van der Waals surface area contributed by atoms with Crippen molar-refractivity contribution < 1.29 is 23.9 Å². The van der Waals surface area contributed by atoms with E-state index in [4.69, 9.17) is 4.74 Å². The van der Waals surface area contributed by atoms with Gasteiger partial charge in [0.1, 0.15) is 0 Å². The second-order valence-corrected chi connectivity index (χ2v) is 6.43. The molecule has 0 aliphatic carbocycles. The number of carbonyl (C=O) groups is 4. The maximum absolute atomic E-state index is 12.4. The maximum Gasteiger partial charge on any atom is 0.338 e. The lowest BCUT2D eigenvalue weighted by Crippen LogP contribution is -2.33. The van der Waals surface area contributed by atoms with Crippen LogP contribution < -0.4 is 4.90 Å². The first-order chi connectivity index (χ1) is 13.0. The molecule has 2 aromatic rings. The zero-order valence-electron chi connectivity index (χ0n) is 14.6. The Morgan fingerprint density at radius 3 is 2.59 bits per heavy atom. The van der Waals surface area contributed by atoms with Crippen LogP contribution in [0.1, 0.15) is 36.6 Å². The predicted octanol–water partition coefficient (Wildman–Crippen LogP) is 1.66. The molecule has 3 amide bonds. The average molecular weight is 364 g/mol. The number of para-hydroxylation sites is 1. The minimum Gasteiger partial charge on any atom is -0.452 e. The Kier molecular flexibility index (Phi) is 3.99. The Bertz CT molecular complexity index is 998. The van der Waals surface area contributed by atoms with Crippen LogP contribution >= 0.6 is 0 Å². The first-order valence-electron chi connectivity index (χ1n) is 8.49. The van der Waals surface area contributed by atoms with E-state index in [9.17, 15) is 19.2 Å². The summed E-state index contributed by atoms with van der Waals surface area (Å²) in [5.74, 6) is -1.89. The summed E-state index contributed by atoms with van der Waals surface area (Å²) in [6.07, 6.45) is 0.768. The quantitative estimate of drug-likeness (QED) is 0.611. The van der Waals surface area contributed by atoms with Crippen molar-refractivity contribution in [2.45, 2.75) is 6.42 Å². The molecule has 0 bridgehead atoms. The molecule has 7 heteroatoms. The van der Waals surface area contributed by atoms with Gasteiger partial charge in [-0.15, -0.1) is 0 Å². The molecule has 0 saturated carbocycles. The van der Waals surface area contributed by atoms with Crippen LogP contribution in [0.3, 0.4) is 0 Å². The Balaban J connectivity index is 1.44. The molecule has 0 radical (unpaired) electrons. The van der Waals surface area contributed by atoms with Crippen LogP contribution in [0.25, 0.3) is 0 Å². The number of anilines is 1. The van der Waals surface area contributed by atoms with Crippen molar-refractivity contribution in [3.05, 3.63) is 64.7 Å². The molecule has 7 nitrogen and oxygen atoms in total. The topological polar surface area (TPSA) is 84.0 Å². The van der Waals surface area contributed by atoms with Gasteiger partial charge in [0.15, 0.2) is 6.61 Å². The Hall–Kier alpha value is -3.48. The summed E-state index contributed by atoms with van der Waals surface area (Å²) >= 11 is 0. The summed E-state index contributed by atoms with van der Waals surface area (Å²) in [4.78, 5) is 51.2. The lowest BCUT2D eigenvalue weighted by atomic mass is 10.1. The number of amides is 3. The fourth-order valence-corrected chi connectivity index (χ4v) is 3.37. The third-order valence-corrected chi connectivity index (χ3v) is 4.84. The number of nitrogens with zero attached hydrogens (tertiary/aromatic N) is 2. The number of benzene rings is 2. The van der Waals surface area contributed by atoms with Crippen LogP contribution in [0.2, 0.25) is 0 Å². The first-order valence-corrected chi connectivity index (χ1v) is 8.49. The number of esters is 1. The molecule has 4 rings (SSSR count). The molecule has 2 aromatic carbocycles. The fraction of sp³-hybridized carbons (Fsp3) is 0.200. The maximum atomic E-state index is 12.4. The van der Waals surface area contributed by atoms with Crippen LogP contribution in [0.15, 0.2) is 42.5 Å². The van der Waals surface area contributed by atoms with Crippen molar-refractivity contribution >= 4 is 29.4 Å². The van der Waals surface area contributed by atoms with Gasteiger partial charge in [0.25, 0.3) is 17.7 Å². The molecule has 27 heavy (non-hydrogen) atoms. The van der Waals surface area contributed by atoms with Crippen molar-refractivity contribution in [2.75, 3.05) is 25.1 Å². The van der Waals surface area contributed by atoms with E-state index in [0.717, 1.165) is 22.6 Å². The van der Waals surface area contributed by atoms with Gasteiger partial charge in [-0.3, -0.25) is 19.3 Å². The van der Waals surface area contributed by atoms with E-state index in [1.807, 2.05) is 24.3 Å². The standard InChI is InChI=1S/C20H16N2O5/c1-21-18(24)14-7-6-13(10-15(14)19(21)25)20(26)27-11-17(23)22-9-8-12-4-2-3-5-16(12)22/h2-7,10H,8-9,11H2,1H3. The van der Waals surface area contributed by atoms with E-state index in [1.54, 1.807) is 4.90 Å². The highest BCUT2D eigenvalue weighted by Crippen LogP contribution is 2.27. The van der Waals surface area contributed by atoms with Crippen molar-refractivity contribution in [3.8, 4) is 0 Å². The monoisotopic (exact) mass is 364 g/mol. The largest absolute Gasteiger partial charge is 0.452 e. The van der Waals surface area contributed by atoms with Crippen LogP contribution in [-0.4, -0.2) is 48.8 Å². The first kappa shape index (κ1) is 17.0. The molecule has 0 spiro atoms. The molecular weight excluding hydrogens is 348 g/mol. The molecule has 136 valence electrons. The van der Waals surface area contributed by atoms with Crippen molar-refractivity contribution in [1.82, 2.24) is 4.90 Å². The average Bonchev–Trinajstić information content (AvgIpc) is 3.21. The number of hydrogen-bond donors (Lipinski definition) is 0. The smallest absolute Gasteiger partial charge is 0.338 e. The number of carbonyl (C=O) groups excluding carboxylic acids is 4. The third-order valence-electron chi connectivity index (χ3n) is 4.84. The van der Waals surface area contributed by atoms with Gasteiger partial charge in [0.2, 0.25) is 0 Å². The van der Waals surface area contributed by atoms with Gasteiger partial charge < -0.3 is 9.64 Å². The van der Waals surface area contributed by atoms with Crippen LogP contribution in [-0.2, 0) is 16.0 Å². The highest BCUT2D eigenvalue weighted by Gasteiger charge is 2.33. The van der Waals surface area contributed by atoms with Crippen LogP contribution in [0.4, 0.5) is 5.69 Å². The summed E-state index contributed by atoms with van der Waals surface area (Å²) in [7, 11) is 1.38. The minimum absolute atomic E-state index is 0.125. The molecule has 0 unspecified atom stereocenters. The van der Waals surface area contributed by atoms with Crippen LogP contribution in [0, 0.1) is 0 Å². The van der Waals surface area contributed by atoms with E-state index in [-0.39, 0.29) is 22.6 Å². The zero-order valence-corrected chi connectivity index (χ0v) is 14.6. The summed E-state index contributed by atoms with van der Waals surface area (Å²) in [5.41, 5.74) is 2.46. The fourth-order valence-electron chi connectivity index (χ4n) is 3.37. The van der Waals surface area contributed by atoms with Crippen molar-refractivity contribution in [1.29, 1.82) is 0 Å². The lowest BCUT2D eigenvalue weighted by molar-refractivity contribution is -0.121. The van der Waals surface area contributed by atoms with Gasteiger partial charge in [-0.2, -0.15) is 0 Å². The normalized spacial score (nSPS) is 15.0. The molecule has 2 aliphatic rings. The molecule has 0 N–H and O–H groups in total. The van der Waals surface area contributed by atoms with E-state index in [1.165, 1.54) is 25.2 Å². The molecule has 2 heterocycles. The highest BCUT2D eigenvalue weighted by atomic mass is 16.5. The lowest BCUT2D eigenvalue weighted by Gasteiger charge is -2.17. The summed E-state index contributed by atoms with van der Waals surface area (Å²) in [6.45, 7) is 0.161. The molecule has 0 atom stereocenters. The van der Waals surface area contributed by atoms with E-state index in [0.29, 0.717) is 6.54 Å². The zero-order chi connectivity index (χ0) is 19.1. The SMILES string of the molecule is CN1C(=O)c2ccc(C(=O)OCC(=O)N3CCc4ccccc43)cc2C1=O. The van der Waals surface area contributed by atoms with E-state index >= 15 is 0 Å². The molecule has 2 aliphatic heterocycles. The minimum atomic E-state index is -0.714. The molecule has 0 fully saturated rings. The Morgan fingerprint density at radius 1 is 1.04 bits per heavy atom. The van der Waals surface area contributed by atoms with Gasteiger partial charge >= 0.3 is 5.97 Å². The Morgan fingerprint density at radius 2 is 1.78 bits per heavy atom. The van der Waals surface area contributed by atoms with E-state index < -0.39 is 24.4 Å². The second kappa shape index (κ2) is 6.35. The molecule has 0 aromatic heterocycles. The number of fused-ring (bicyclic) bond motifs is 2. The van der Waals surface area contributed by atoms with Gasteiger partial charge in [-0.1, -0.05) is 18.2 Å².